The molecule has 0 saturated carbocycles. The first-order valence-corrected chi connectivity index (χ1v) is 9.51. The van der Waals surface area contributed by atoms with Crippen LogP contribution in [-0.2, 0) is 11.8 Å². The molecular weight excluding hydrogens is 388 g/mol. The number of aromatic nitrogens is 3. The van der Waals surface area contributed by atoms with Crippen molar-refractivity contribution in [3.8, 4) is 11.3 Å². The molecular formula is C22H19ClN4O2. The number of pyridine rings is 1. The molecule has 2 aromatic carbocycles. The molecule has 0 fully saturated rings. The maximum absolute atomic E-state index is 12.8. The highest BCUT2D eigenvalue weighted by molar-refractivity contribution is 6.31. The first-order valence-electron chi connectivity index (χ1n) is 9.14. The number of carbonyl (C=O) groups is 1. The number of fused-ring (bicyclic) bond motifs is 1. The molecule has 0 aliphatic carbocycles. The minimum atomic E-state index is -0.667. The zero-order valence-corrected chi connectivity index (χ0v) is 16.7. The van der Waals surface area contributed by atoms with Crippen molar-refractivity contribution in [3.05, 3.63) is 82.4 Å². The topological polar surface area (TPSA) is 68.9 Å². The highest BCUT2D eigenvalue weighted by Gasteiger charge is 2.17. The zero-order chi connectivity index (χ0) is 20.5. The number of benzene rings is 2. The quantitative estimate of drug-likeness (QED) is 0.550. The van der Waals surface area contributed by atoms with Gasteiger partial charge in [0.2, 0.25) is 5.91 Å². The van der Waals surface area contributed by atoms with Crippen LogP contribution in [0, 0.1) is 0 Å². The van der Waals surface area contributed by atoms with Crippen LogP contribution in [0.3, 0.4) is 0 Å². The summed E-state index contributed by atoms with van der Waals surface area (Å²) in [6.07, 6.45) is 3.36. The average Bonchev–Trinajstić information content (AvgIpc) is 3.14. The zero-order valence-electron chi connectivity index (χ0n) is 16.0. The SMILES string of the molecule is C[C@H](C(=O)Nc1ccc(-c2ccnn2C)cc1)n1ccc2cc(Cl)ccc2c1=O. The van der Waals surface area contributed by atoms with Crippen molar-refractivity contribution in [1.82, 2.24) is 14.3 Å². The fraction of sp³-hybridized carbons (Fsp3) is 0.136. The summed E-state index contributed by atoms with van der Waals surface area (Å²) in [5, 5.41) is 8.87. The summed E-state index contributed by atoms with van der Waals surface area (Å²) in [6, 6.07) is 15.6. The molecule has 1 atom stereocenters. The van der Waals surface area contributed by atoms with Crippen LogP contribution < -0.4 is 10.9 Å². The first kappa shape index (κ1) is 19.0. The number of hydrogen-bond donors (Lipinski definition) is 1. The average molecular weight is 407 g/mol. The van der Waals surface area contributed by atoms with Crippen LogP contribution in [0.5, 0.6) is 0 Å². The standard InChI is InChI=1S/C22H19ClN4O2/c1-14(27-12-10-16-13-17(23)5-8-19(16)22(27)29)21(28)25-18-6-3-15(4-7-18)20-9-11-24-26(20)2/h3-14H,1-2H3,(H,25,28)/t14-/m1/s1. The summed E-state index contributed by atoms with van der Waals surface area (Å²) in [4.78, 5) is 25.5. The molecule has 146 valence electrons. The van der Waals surface area contributed by atoms with Crippen LogP contribution in [-0.4, -0.2) is 20.3 Å². The number of nitrogens with zero attached hydrogens (tertiary/aromatic N) is 3. The number of aryl methyl sites for hydroxylation is 1. The van der Waals surface area contributed by atoms with E-state index in [1.54, 1.807) is 48.3 Å². The molecule has 2 heterocycles. The Labute approximate surface area is 172 Å². The van der Waals surface area contributed by atoms with Gasteiger partial charge >= 0.3 is 0 Å². The van der Waals surface area contributed by atoms with Crippen molar-refractivity contribution in [3.63, 3.8) is 0 Å². The summed E-state index contributed by atoms with van der Waals surface area (Å²) in [5.74, 6) is -0.270. The lowest BCUT2D eigenvalue weighted by molar-refractivity contribution is -0.118. The molecule has 0 aliphatic rings. The molecule has 29 heavy (non-hydrogen) atoms. The smallest absolute Gasteiger partial charge is 0.259 e. The number of hydrogen-bond acceptors (Lipinski definition) is 3. The van der Waals surface area contributed by atoms with Crippen molar-refractivity contribution >= 4 is 34.0 Å². The Bertz CT molecular complexity index is 1260. The second-order valence-corrected chi connectivity index (χ2v) is 7.28. The summed E-state index contributed by atoms with van der Waals surface area (Å²) >= 11 is 5.99. The van der Waals surface area contributed by atoms with E-state index in [0.29, 0.717) is 16.1 Å². The lowest BCUT2D eigenvalue weighted by Gasteiger charge is -2.16. The number of rotatable bonds is 4. The van der Waals surface area contributed by atoms with E-state index < -0.39 is 6.04 Å². The maximum Gasteiger partial charge on any atom is 0.259 e. The summed E-state index contributed by atoms with van der Waals surface area (Å²) in [6.45, 7) is 1.70. The second kappa shape index (κ2) is 7.56. The number of nitrogens with one attached hydrogen (secondary N) is 1. The van der Waals surface area contributed by atoms with Crippen LogP contribution in [0.15, 0.2) is 71.8 Å². The Morgan fingerprint density at radius 1 is 1.10 bits per heavy atom. The molecule has 0 aliphatic heterocycles. The number of halogens is 1. The van der Waals surface area contributed by atoms with Crippen molar-refractivity contribution < 1.29 is 4.79 Å². The lowest BCUT2D eigenvalue weighted by Crippen LogP contribution is -2.31. The molecule has 0 saturated heterocycles. The number of amides is 1. The third-order valence-electron chi connectivity index (χ3n) is 4.96. The summed E-state index contributed by atoms with van der Waals surface area (Å²) in [5.41, 5.74) is 2.42. The highest BCUT2D eigenvalue weighted by atomic mass is 35.5. The first-order chi connectivity index (χ1) is 13.9. The Morgan fingerprint density at radius 3 is 2.55 bits per heavy atom. The summed E-state index contributed by atoms with van der Waals surface area (Å²) in [7, 11) is 1.88. The predicted molar refractivity (Wildman–Crippen MR) is 115 cm³/mol. The molecule has 0 unspecified atom stereocenters. The van der Waals surface area contributed by atoms with Gasteiger partial charge in [-0.15, -0.1) is 0 Å². The third kappa shape index (κ3) is 3.67. The third-order valence-corrected chi connectivity index (χ3v) is 5.19. The predicted octanol–water partition coefficient (Wildman–Crippen LogP) is 4.26. The number of carbonyl (C=O) groups excluding carboxylic acids is 1. The molecule has 4 aromatic rings. The van der Waals surface area contributed by atoms with E-state index in [4.69, 9.17) is 11.6 Å². The molecule has 0 radical (unpaired) electrons. The molecule has 2 aromatic heterocycles. The van der Waals surface area contributed by atoms with Gasteiger partial charge in [-0.05, 0) is 60.3 Å². The Kier molecular flexibility index (Phi) is 4.94. The van der Waals surface area contributed by atoms with Crippen LogP contribution in [0.25, 0.3) is 22.0 Å². The lowest BCUT2D eigenvalue weighted by atomic mass is 10.1. The highest BCUT2D eigenvalue weighted by Crippen LogP contribution is 2.21. The largest absolute Gasteiger partial charge is 0.324 e. The van der Waals surface area contributed by atoms with Gasteiger partial charge in [-0.2, -0.15) is 5.10 Å². The van der Waals surface area contributed by atoms with E-state index in [1.165, 1.54) is 4.57 Å². The van der Waals surface area contributed by atoms with Gasteiger partial charge in [0, 0.05) is 35.5 Å². The molecule has 7 heteroatoms. The van der Waals surface area contributed by atoms with E-state index in [9.17, 15) is 9.59 Å². The van der Waals surface area contributed by atoms with Gasteiger partial charge < -0.3 is 9.88 Å². The Balaban J connectivity index is 1.55. The minimum Gasteiger partial charge on any atom is -0.324 e. The van der Waals surface area contributed by atoms with E-state index >= 15 is 0 Å². The van der Waals surface area contributed by atoms with E-state index in [0.717, 1.165) is 16.6 Å². The van der Waals surface area contributed by atoms with Gasteiger partial charge in [0.1, 0.15) is 6.04 Å². The second-order valence-electron chi connectivity index (χ2n) is 6.84. The fourth-order valence-electron chi connectivity index (χ4n) is 3.29. The van der Waals surface area contributed by atoms with Crippen LogP contribution >= 0.6 is 11.6 Å². The van der Waals surface area contributed by atoms with Gasteiger partial charge in [-0.1, -0.05) is 23.7 Å². The Morgan fingerprint density at radius 2 is 1.86 bits per heavy atom. The maximum atomic E-state index is 12.8. The molecule has 1 N–H and O–H groups in total. The summed E-state index contributed by atoms with van der Waals surface area (Å²) < 4.78 is 3.21. The van der Waals surface area contributed by atoms with Gasteiger partial charge in [0.05, 0.1) is 5.69 Å². The van der Waals surface area contributed by atoms with Crippen LogP contribution in [0.2, 0.25) is 5.02 Å². The van der Waals surface area contributed by atoms with E-state index in [-0.39, 0.29) is 11.5 Å². The van der Waals surface area contributed by atoms with E-state index in [1.807, 2.05) is 37.4 Å². The van der Waals surface area contributed by atoms with Gasteiger partial charge in [0.25, 0.3) is 5.56 Å². The van der Waals surface area contributed by atoms with Crippen molar-refractivity contribution in [1.29, 1.82) is 0 Å². The van der Waals surface area contributed by atoms with Crippen LogP contribution in [0.4, 0.5) is 5.69 Å². The van der Waals surface area contributed by atoms with Gasteiger partial charge in [-0.25, -0.2) is 0 Å². The van der Waals surface area contributed by atoms with Crippen molar-refractivity contribution in [2.24, 2.45) is 7.05 Å². The van der Waals surface area contributed by atoms with Crippen molar-refractivity contribution in [2.45, 2.75) is 13.0 Å². The van der Waals surface area contributed by atoms with E-state index in [2.05, 4.69) is 10.4 Å². The van der Waals surface area contributed by atoms with Gasteiger partial charge in [0.15, 0.2) is 0 Å². The van der Waals surface area contributed by atoms with Gasteiger partial charge in [-0.3, -0.25) is 14.3 Å². The number of anilines is 1. The minimum absolute atomic E-state index is 0.228. The normalized spacial score (nSPS) is 12.1. The molecule has 6 nitrogen and oxygen atoms in total. The van der Waals surface area contributed by atoms with Crippen LogP contribution in [0.1, 0.15) is 13.0 Å². The molecule has 4 rings (SSSR count). The molecule has 1 amide bonds. The van der Waals surface area contributed by atoms with Crippen molar-refractivity contribution in [2.75, 3.05) is 5.32 Å². The monoisotopic (exact) mass is 406 g/mol. The Hall–Kier alpha value is -3.38. The molecule has 0 bridgehead atoms. The fourth-order valence-corrected chi connectivity index (χ4v) is 3.47. The molecule has 0 spiro atoms.